The first-order valence-electron chi connectivity index (χ1n) is 5.51. The van der Waals surface area contributed by atoms with Gasteiger partial charge in [0.1, 0.15) is 0 Å². The summed E-state index contributed by atoms with van der Waals surface area (Å²) in [5.74, 6) is 0.828. The predicted molar refractivity (Wildman–Crippen MR) is 68.6 cm³/mol. The number of anilines is 1. The van der Waals surface area contributed by atoms with E-state index in [1.54, 1.807) is 12.1 Å². The summed E-state index contributed by atoms with van der Waals surface area (Å²) in [4.78, 5) is 0. The summed E-state index contributed by atoms with van der Waals surface area (Å²) < 4.78 is 0. The molecule has 0 aromatic heterocycles. The lowest BCUT2D eigenvalue weighted by atomic mass is 10.1. The summed E-state index contributed by atoms with van der Waals surface area (Å²) in [5.41, 5.74) is 0.862. The molecule has 1 fully saturated rings. The Morgan fingerprint density at radius 2 is 1.94 bits per heavy atom. The second-order valence-electron chi connectivity index (χ2n) is 4.51. The van der Waals surface area contributed by atoms with Gasteiger partial charge in [0.25, 0.3) is 0 Å². The highest BCUT2D eigenvalue weighted by Gasteiger charge is 2.23. The van der Waals surface area contributed by atoms with Gasteiger partial charge in [0.2, 0.25) is 0 Å². The Hall–Kier alpha value is -0.600. The molecule has 4 heteroatoms. The Bertz CT molecular complexity index is 368. The van der Waals surface area contributed by atoms with Gasteiger partial charge in [0, 0.05) is 11.7 Å². The van der Waals surface area contributed by atoms with Gasteiger partial charge in [-0.15, -0.1) is 0 Å². The Labute approximate surface area is 106 Å². The quantitative estimate of drug-likeness (QED) is 0.791. The van der Waals surface area contributed by atoms with Crippen LogP contribution in [0.2, 0.25) is 10.0 Å². The van der Waals surface area contributed by atoms with Gasteiger partial charge in [0.05, 0.1) is 10.0 Å². The van der Waals surface area contributed by atoms with Crippen molar-refractivity contribution in [1.82, 2.24) is 0 Å². The van der Waals surface area contributed by atoms with Crippen LogP contribution in [0.5, 0.6) is 5.75 Å². The van der Waals surface area contributed by atoms with Crippen molar-refractivity contribution in [2.24, 2.45) is 5.92 Å². The van der Waals surface area contributed by atoms with E-state index in [4.69, 9.17) is 23.2 Å². The summed E-state index contributed by atoms with van der Waals surface area (Å²) in [6.45, 7) is 2.15. The van der Waals surface area contributed by atoms with E-state index in [0.29, 0.717) is 6.04 Å². The van der Waals surface area contributed by atoms with Crippen molar-refractivity contribution in [1.29, 1.82) is 0 Å². The van der Waals surface area contributed by atoms with E-state index in [9.17, 15) is 5.11 Å². The van der Waals surface area contributed by atoms with Crippen molar-refractivity contribution < 1.29 is 5.11 Å². The molecule has 0 bridgehead atoms. The van der Waals surface area contributed by atoms with Gasteiger partial charge < -0.3 is 10.4 Å². The van der Waals surface area contributed by atoms with Crippen LogP contribution in [0.25, 0.3) is 0 Å². The van der Waals surface area contributed by atoms with Crippen LogP contribution in [0.1, 0.15) is 26.2 Å². The molecule has 2 N–H and O–H groups in total. The van der Waals surface area contributed by atoms with Gasteiger partial charge in [-0.05, 0) is 31.4 Å². The standard InChI is InChI=1S/C12H15Cl2NO/c1-7(4-8-2-3-8)15-9-5-10(13)12(16)11(14)6-9/h5-8,15-16H,2-4H2,1H3. The average Bonchev–Trinajstić information content (AvgIpc) is 2.97. The fourth-order valence-electron chi connectivity index (χ4n) is 1.85. The van der Waals surface area contributed by atoms with Crippen molar-refractivity contribution in [2.75, 3.05) is 5.32 Å². The summed E-state index contributed by atoms with van der Waals surface area (Å²) in [5, 5.41) is 13.3. The summed E-state index contributed by atoms with van der Waals surface area (Å²) in [6.07, 6.45) is 3.88. The van der Waals surface area contributed by atoms with E-state index in [2.05, 4.69) is 12.2 Å². The molecule has 1 aromatic rings. The maximum Gasteiger partial charge on any atom is 0.152 e. The van der Waals surface area contributed by atoms with Crippen LogP contribution >= 0.6 is 23.2 Å². The molecule has 1 saturated carbocycles. The first-order valence-corrected chi connectivity index (χ1v) is 6.26. The lowest BCUT2D eigenvalue weighted by Crippen LogP contribution is -2.15. The van der Waals surface area contributed by atoms with Gasteiger partial charge in [0.15, 0.2) is 5.75 Å². The number of hydrogen-bond donors (Lipinski definition) is 2. The molecule has 2 nitrogen and oxygen atoms in total. The van der Waals surface area contributed by atoms with Gasteiger partial charge in [-0.25, -0.2) is 0 Å². The fourth-order valence-corrected chi connectivity index (χ4v) is 2.33. The molecule has 0 spiro atoms. The zero-order valence-electron chi connectivity index (χ0n) is 9.13. The zero-order chi connectivity index (χ0) is 11.7. The van der Waals surface area contributed by atoms with E-state index >= 15 is 0 Å². The molecule has 1 aliphatic carbocycles. The number of rotatable bonds is 4. The summed E-state index contributed by atoms with van der Waals surface area (Å²) >= 11 is 11.7. The minimum absolute atomic E-state index is 0.0521. The van der Waals surface area contributed by atoms with Crippen molar-refractivity contribution in [3.05, 3.63) is 22.2 Å². The van der Waals surface area contributed by atoms with Gasteiger partial charge in [-0.3, -0.25) is 0 Å². The molecule has 88 valence electrons. The van der Waals surface area contributed by atoms with Crippen molar-refractivity contribution in [2.45, 2.75) is 32.2 Å². The van der Waals surface area contributed by atoms with E-state index < -0.39 is 0 Å². The number of halogens is 2. The first-order chi connectivity index (χ1) is 7.56. The number of phenolic OH excluding ortho intramolecular Hbond substituents is 1. The summed E-state index contributed by atoms with van der Waals surface area (Å²) in [6, 6.07) is 3.81. The lowest BCUT2D eigenvalue weighted by molar-refractivity contribution is 0.476. The van der Waals surface area contributed by atoms with Crippen LogP contribution in [-0.2, 0) is 0 Å². The monoisotopic (exact) mass is 259 g/mol. The van der Waals surface area contributed by atoms with E-state index in [1.165, 1.54) is 19.3 Å². The van der Waals surface area contributed by atoms with Crippen LogP contribution in [-0.4, -0.2) is 11.1 Å². The highest BCUT2D eigenvalue weighted by Crippen LogP contribution is 2.36. The first kappa shape index (κ1) is 11.9. The van der Waals surface area contributed by atoms with Crippen molar-refractivity contribution >= 4 is 28.9 Å². The number of hydrogen-bond acceptors (Lipinski definition) is 2. The maximum absolute atomic E-state index is 9.43. The number of phenols is 1. The molecule has 0 amide bonds. The van der Waals surface area contributed by atoms with E-state index in [0.717, 1.165) is 11.6 Å². The van der Waals surface area contributed by atoms with Gasteiger partial charge >= 0.3 is 0 Å². The van der Waals surface area contributed by atoms with E-state index in [-0.39, 0.29) is 15.8 Å². The average molecular weight is 260 g/mol. The van der Waals surface area contributed by atoms with Crippen LogP contribution in [0, 0.1) is 5.92 Å². The molecule has 1 atom stereocenters. The molecule has 0 radical (unpaired) electrons. The molecule has 2 rings (SSSR count). The van der Waals surface area contributed by atoms with Gasteiger partial charge in [-0.1, -0.05) is 36.0 Å². The molecular formula is C12H15Cl2NO. The van der Waals surface area contributed by atoms with Gasteiger partial charge in [-0.2, -0.15) is 0 Å². The van der Waals surface area contributed by atoms with Crippen LogP contribution in [0.3, 0.4) is 0 Å². The highest BCUT2D eigenvalue weighted by molar-refractivity contribution is 6.37. The van der Waals surface area contributed by atoms with Crippen LogP contribution < -0.4 is 5.32 Å². The van der Waals surface area contributed by atoms with Crippen LogP contribution in [0.15, 0.2) is 12.1 Å². The Kier molecular flexibility index (Phi) is 3.50. The number of nitrogens with one attached hydrogen (secondary N) is 1. The molecule has 0 heterocycles. The zero-order valence-corrected chi connectivity index (χ0v) is 10.6. The molecule has 1 aliphatic rings. The molecule has 0 saturated heterocycles. The minimum Gasteiger partial charge on any atom is -0.505 e. The van der Waals surface area contributed by atoms with Crippen molar-refractivity contribution in [3.63, 3.8) is 0 Å². The predicted octanol–water partition coefficient (Wildman–Crippen LogP) is 4.30. The van der Waals surface area contributed by atoms with E-state index in [1.807, 2.05) is 0 Å². The topological polar surface area (TPSA) is 32.3 Å². The molecular weight excluding hydrogens is 245 g/mol. The SMILES string of the molecule is CC(CC1CC1)Nc1cc(Cl)c(O)c(Cl)c1. The van der Waals surface area contributed by atoms with Crippen LogP contribution in [0.4, 0.5) is 5.69 Å². The Morgan fingerprint density at radius 3 is 2.44 bits per heavy atom. The number of benzene rings is 1. The second-order valence-corrected chi connectivity index (χ2v) is 5.33. The van der Waals surface area contributed by atoms with Crippen molar-refractivity contribution in [3.8, 4) is 5.75 Å². The lowest BCUT2D eigenvalue weighted by Gasteiger charge is -2.15. The Balaban J connectivity index is 2.02. The Morgan fingerprint density at radius 1 is 1.38 bits per heavy atom. The largest absolute Gasteiger partial charge is 0.505 e. The minimum atomic E-state index is -0.0521. The normalized spacial score (nSPS) is 17.2. The third-order valence-electron chi connectivity index (χ3n) is 2.81. The third kappa shape index (κ3) is 2.96. The fraction of sp³-hybridized carbons (Fsp3) is 0.500. The smallest absolute Gasteiger partial charge is 0.152 e. The maximum atomic E-state index is 9.43. The molecule has 1 unspecified atom stereocenters. The molecule has 0 aliphatic heterocycles. The third-order valence-corrected chi connectivity index (χ3v) is 3.39. The highest BCUT2D eigenvalue weighted by atomic mass is 35.5. The molecule has 16 heavy (non-hydrogen) atoms. The second kappa shape index (κ2) is 4.72. The number of aromatic hydroxyl groups is 1. The molecule has 1 aromatic carbocycles. The summed E-state index contributed by atoms with van der Waals surface area (Å²) in [7, 11) is 0.